The van der Waals surface area contributed by atoms with Crippen LogP contribution in [0.4, 0.5) is 11.6 Å². The van der Waals surface area contributed by atoms with Gasteiger partial charge in [-0.15, -0.1) is 0 Å². The lowest BCUT2D eigenvalue weighted by Crippen LogP contribution is -2.20. The maximum Gasteiger partial charge on any atom is 0.227 e. The van der Waals surface area contributed by atoms with Crippen LogP contribution in [0, 0.1) is 11.3 Å². The lowest BCUT2D eigenvalue weighted by molar-refractivity contribution is 0.222. The van der Waals surface area contributed by atoms with Crippen molar-refractivity contribution < 1.29 is 4.74 Å². The monoisotopic (exact) mass is 392 g/mol. The first-order valence-corrected chi connectivity index (χ1v) is 9.22. The summed E-state index contributed by atoms with van der Waals surface area (Å²) >= 11 is 5.91. The third kappa shape index (κ3) is 4.19. The number of nitrogens with one attached hydrogen (secondary N) is 2. The van der Waals surface area contributed by atoms with Crippen molar-refractivity contribution in [1.82, 2.24) is 20.3 Å². The minimum Gasteiger partial charge on any atom is -0.488 e. The number of benzene rings is 1. The highest BCUT2D eigenvalue weighted by Crippen LogP contribution is 2.27. The Morgan fingerprint density at radius 2 is 2.07 bits per heavy atom. The van der Waals surface area contributed by atoms with Crippen LogP contribution in [0.25, 0.3) is 11.3 Å². The molecule has 7 nitrogen and oxygen atoms in total. The van der Waals surface area contributed by atoms with E-state index in [1.54, 1.807) is 36.7 Å². The number of nitrogens with zero attached hydrogens (tertiary/aromatic N) is 4. The first kappa shape index (κ1) is 18.2. The van der Waals surface area contributed by atoms with Crippen molar-refractivity contribution in [1.29, 1.82) is 5.26 Å². The van der Waals surface area contributed by atoms with E-state index in [9.17, 15) is 5.26 Å². The van der Waals surface area contributed by atoms with Crippen LogP contribution in [-0.2, 0) is 0 Å². The number of anilines is 2. The number of hydrogen-bond acceptors (Lipinski definition) is 7. The molecule has 3 heterocycles. The third-order valence-corrected chi connectivity index (χ3v) is 4.55. The molecule has 0 radical (unpaired) electrons. The normalized spacial score (nSPS) is 15.8. The Hall–Kier alpha value is -3.21. The van der Waals surface area contributed by atoms with E-state index in [1.807, 2.05) is 12.1 Å². The number of pyridine rings is 1. The number of hydrogen-bond donors (Lipinski definition) is 2. The largest absolute Gasteiger partial charge is 0.488 e. The topological polar surface area (TPSA) is 95.8 Å². The van der Waals surface area contributed by atoms with Gasteiger partial charge in [0.1, 0.15) is 23.1 Å². The van der Waals surface area contributed by atoms with E-state index in [2.05, 4.69) is 31.7 Å². The zero-order chi connectivity index (χ0) is 19.3. The summed E-state index contributed by atoms with van der Waals surface area (Å²) in [6.45, 7) is 1.73. The Bertz CT molecular complexity index is 1030. The van der Waals surface area contributed by atoms with Crippen LogP contribution >= 0.6 is 11.6 Å². The molecule has 0 unspecified atom stereocenters. The average molecular weight is 393 g/mol. The summed E-state index contributed by atoms with van der Waals surface area (Å²) in [5.74, 6) is 1.02. The van der Waals surface area contributed by atoms with E-state index >= 15 is 0 Å². The van der Waals surface area contributed by atoms with Crippen LogP contribution in [-0.4, -0.2) is 34.1 Å². The second-order valence-electron chi connectivity index (χ2n) is 6.31. The maximum atomic E-state index is 9.53. The number of aromatic nitrogens is 3. The van der Waals surface area contributed by atoms with Gasteiger partial charge in [0.05, 0.1) is 11.3 Å². The van der Waals surface area contributed by atoms with Crippen LogP contribution in [0.2, 0.25) is 5.15 Å². The Labute approximate surface area is 167 Å². The van der Waals surface area contributed by atoms with E-state index < -0.39 is 0 Å². The van der Waals surface area contributed by atoms with Crippen molar-refractivity contribution in [2.24, 2.45) is 0 Å². The zero-order valence-electron chi connectivity index (χ0n) is 14.9. The molecule has 1 aliphatic heterocycles. The van der Waals surface area contributed by atoms with Gasteiger partial charge in [-0.2, -0.15) is 5.26 Å². The quantitative estimate of drug-likeness (QED) is 0.641. The van der Waals surface area contributed by atoms with Crippen LogP contribution in [0.5, 0.6) is 5.75 Å². The molecule has 28 heavy (non-hydrogen) atoms. The molecule has 1 atom stereocenters. The molecule has 1 fully saturated rings. The van der Waals surface area contributed by atoms with Gasteiger partial charge in [0, 0.05) is 30.2 Å². The van der Waals surface area contributed by atoms with Gasteiger partial charge in [-0.3, -0.25) is 0 Å². The van der Waals surface area contributed by atoms with E-state index in [4.69, 9.17) is 16.3 Å². The summed E-state index contributed by atoms with van der Waals surface area (Å²) in [6, 6.07) is 13.0. The summed E-state index contributed by atoms with van der Waals surface area (Å²) in [5.41, 5.74) is 2.73. The van der Waals surface area contributed by atoms with Crippen molar-refractivity contribution in [2.45, 2.75) is 12.5 Å². The van der Waals surface area contributed by atoms with Crippen LogP contribution in [0.15, 0.2) is 48.8 Å². The van der Waals surface area contributed by atoms with Crippen molar-refractivity contribution >= 4 is 23.2 Å². The number of rotatable bonds is 5. The predicted octanol–water partition coefficient (Wildman–Crippen LogP) is 3.55. The van der Waals surface area contributed by atoms with Crippen LogP contribution in [0.1, 0.15) is 12.0 Å². The van der Waals surface area contributed by atoms with Gasteiger partial charge in [0.2, 0.25) is 5.95 Å². The van der Waals surface area contributed by atoms with Gasteiger partial charge in [0.15, 0.2) is 0 Å². The number of ether oxygens (including phenoxy) is 1. The highest BCUT2D eigenvalue weighted by atomic mass is 35.5. The Kier molecular flexibility index (Phi) is 5.33. The number of nitriles is 1. The fourth-order valence-corrected chi connectivity index (χ4v) is 3.15. The molecule has 3 aromatic rings. The summed E-state index contributed by atoms with van der Waals surface area (Å²) < 4.78 is 5.95. The molecule has 1 aromatic carbocycles. The van der Waals surface area contributed by atoms with Gasteiger partial charge in [-0.05, 0) is 49.4 Å². The SMILES string of the molecule is N#Cc1cc(-c2ccnc(Nc3ccnc(Cl)c3)n2)ccc1O[C@@H]1CCNC1. The minimum absolute atomic E-state index is 0.0972. The van der Waals surface area contributed by atoms with Crippen LogP contribution in [0.3, 0.4) is 0 Å². The molecular formula is C20H17ClN6O. The molecule has 0 aliphatic carbocycles. The van der Waals surface area contributed by atoms with E-state index in [1.165, 1.54) is 0 Å². The molecule has 0 saturated carbocycles. The van der Waals surface area contributed by atoms with Gasteiger partial charge in [-0.25, -0.2) is 15.0 Å². The Balaban J connectivity index is 1.57. The average Bonchev–Trinajstić information content (AvgIpc) is 3.22. The predicted molar refractivity (Wildman–Crippen MR) is 107 cm³/mol. The lowest BCUT2D eigenvalue weighted by atomic mass is 10.1. The lowest BCUT2D eigenvalue weighted by Gasteiger charge is -2.14. The first-order chi connectivity index (χ1) is 13.7. The molecule has 0 bridgehead atoms. The smallest absolute Gasteiger partial charge is 0.227 e. The van der Waals surface area contributed by atoms with Crippen LogP contribution < -0.4 is 15.4 Å². The van der Waals surface area contributed by atoms with E-state index in [0.29, 0.717) is 28.1 Å². The van der Waals surface area contributed by atoms with Crippen molar-refractivity contribution in [3.05, 3.63) is 59.5 Å². The second-order valence-corrected chi connectivity index (χ2v) is 6.70. The van der Waals surface area contributed by atoms with Gasteiger partial charge < -0.3 is 15.4 Å². The molecular weight excluding hydrogens is 376 g/mol. The molecule has 0 amide bonds. The third-order valence-electron chi connectivity index (χ3n) is 4.34. The first-order valence-electron chi connectivity index (χ1n) is 8.85. The van der Waals surface area contributed by atoms with Gasteiger partial charge in [0.25, 0.3) is 0 Å². The molecule has 2 N–H and O–H groups in total. The van der Waals surface area contributed by atoms with E-state index in [-0.39, 0.29) is 6.10 Å². The highest BCUT2D eigenvalue weighted by molar-refractivity contribution is 6.29. The fraction of sp³-hybridized carbons (Fsp3) is 0.200. The fourth-order valence-electron chi connectivity index (χ4n) is 2.98. The van der Waals surface area contributed by atoms with Crippen molar-refractivity contribution in [2.75, 3.05) is 18.4 Å². The summed E-state index contributed by atoms with van der Waals surface area (Å²) in [6.07, 6.45) is 4.30. The second kappa shape index (κ2) is 8.21. The molecule has 4 rings (SSSR count). The molecule has 1 aliphatic rings. The maximum absolute atomic E-state index is 9.53. The highest BCUT2D eigenvalue weighted by Gasteiger charge is 2.18. The summed E-state index contributed by atoms with van der Waals surface area (Å²) in [5, 5.41) is 16.3. The van der Waals surface area contributed by atoms with E-state index in [0.717, 1.165) is 30.8 Å². The molecule has 0 spiro atoms. The number of halogens is 1. The zero-order valence-corrected chi connectivity index (χ0v) is 15.6. The summed E-state index contributed by atoms with van der Waals surface area (Å²) in [4.78, 5) is 12.7. The van der Waals surface area contributed by atoms with Crippen molar-refractivity contribution in [3.63, 3.8) is 0 Å². The Morgan fingerprint density at radius 1 is 1.18 bits per heavy atom. The Morgan fingerprint density at radius 3 is 2.86 bits per heavy atom. The summed E-state index contributed by atoms with van der Waals surface area (Å²) in [7, 11) is 0. The van der Waals surface area contributed by atoms with Gasteiger partial charge >= 0.3 is 0 Å². The standard InChI is InChI=1S/C20H17ClN6O/c21-19-10-15(3-7-24-19)26-20-25-8-5-17(27-20)13-1-2-18(14(9-13)11-22)28-16-4-6-23-12-16/h1-3,5,7-10,16,23H,4,6,12H2,(H,24,25,26,27)/t16-/m1/s1. The molecule has 1 saturated heterocycles. The van der Waals surface area contributed by atoms with Crippen molar-refractivity contribution in [3.8, 4) is 23.1 Å². The van der Waals surface area contributed by atoms with Gasteiger partial charge in [-0.1, -0.05) is 11.6 Å². The molecule has 8 heteroatoms. The molecule has 2 aromatic heterocycles. The minimum atomic E-state index is 0.0972. The molecule has 140 valence electrons.